The van der Waals surface area contributed by atoms with Crippen molar-refractivity contribution in [2.24, 2.45) is 0 Å². The van der Waals surface area contributed by atoms with Gasteiger partial charge in [-0.3, -0.25) is 4.79 Å². The van der Waals surface area contributed by atoms with E-state index < -0.39 is 11.7 Å². The summed E-state index contributed by atoms with van der Waals surface area (Å²) in [6.07, 6.45) is -1.06. The Balaban J connectivity index is 1.95. The highest BCUT2D eigenvalue weighted by Gasteiger charge is 2.31. The van der Waals surface area contributed by atoms with Crippen LogP contribution in [0, 0.1) is 0 Å². The van der Waals surface area contributed by atoms with Crippen molar-refractivity contribution in [3.63, 3.8) is 0 Å². The average molecular weight is 286 g/mol. The molecule has 0 unspecified atom stereocenters. The molecule has 1 aliphatic heterocycles. The molecule has 0 spiro atoms. The predicted octanol–water partition coefficient (Wildman–Crippen LogP) is 1.69. The van der Waals surface area contributed by atoms with Crippen molar-refractivity contribution in [2.45, 2.75) is 18.6 Å². The lowest BCUT2D eigenvalue weighted by Gasteiger charge is -2.15. The van der Waals surface area contributed by atoms with Crippen LogP contribution in [0.25, 0.3) is 0 Å². The Labute approximate surface area is 113 Å². The smallest absolute Gasteiger partial charge is 0.350 e. The molecular weight excluding hydrogens is 273 g/mol. The van der Waals surface area contributed by atoms with Crippen LogP contribution in [-0.2, 0) is 11.0 Å². The van der Waals surface area contributed by atoms with E-state index in [4.69, 9.17) is 0 Å². The van der Waals surface area contributed by atoms with E-state index in [9.17, 15) is 18.0 Å². The largest absolute Gasteiger partial charge is 0.419 e. The number of carbonyl (C=O) groups is 1. The summed E-state index contributed by atoms with van der Waals surface area (Å²) in [7, 11) is 0. The maximum absolute atomic E-state index is 12.3. The number of amides is 1. The highest BCUT2D eigenvalue weighted by atomic mass is 19.4. The number of anilines is 1. The SMILES string of the molecule is C=CC(=O)N1CC[C@@H](Nc2ncc(C(F)(F)F)cn2)C1. The summed E-state index contributed by atoms with van der Waals surface area (Å²) in [6, 6.07) is -0.0735. The van der Waals surface area contributed by atoms with Crippen LogP contribution in [0.1, 0.15) is 12.0 Å². The number of alkyl halides is 3. The zero-order chi connectivity index (χ0) is 14.8. The number of hydrogen-bond acceptors (Lipinski definition) is 4. The fourth-order valence-electron chi connectivity index (χ4n) is 1.94. The van der Waals surface area contributed by atoms with Gasteiger partial charge < -0.3 is 10.2 Å². The van der Waals surface area contributed by atoms with Gasteiger partial charge in [-0.05, 0) is 12.5 Å². The molecule has 1 aliphatic rings. The molecule has 108 valence electrons. The van der Waals surface area contributed by atoms with Gasteiger partial charge in [0, 0.05) is 31.5 Å². The first kappa shape index (κ1) is 14.3. The van der Waals surface area contributed by atoms with Crippen LogP contribution in [0.4, 0.5) is 19.1 Å². The lowest BCUT2D eigenvalue weighted by atomic mass is 10.3. The van der Waals surface area contributed by atoms with Gasteiger partial charge in [-0.15, -0.1) is 0 Å². The topological polar surface area (TPSA) is 58.1 Å². The molecule has 1 fully saturated rings. The minimum atomic E-state index is -4.45. The van der Waals surface area contributed by atoms with Gasteiger partial charge in [0.25, 0.3) is 0 Å². The molecule has 2 rings (SSSR count). The van der Waals surface area contributed by atoms with Crippen molar-refractivity contribution in [3.05, 3.63) is 30.6 Å². The molecule has 1 atom stereocenters. The molecule has 1 N–H and O–H groups in total. The Morgan fingerprint density at radius 1 is 1.45 bits per heavy atom. The van der Waals surface area contributed by atoms with E-state index in [-0.39, 0.29) is 17.9 Å². The van der Waals surface area contributed by atoms with Gasteiger partial charge in [-0.1, -0.05) is 6.58 Å². The summed E-state index contributed by atoms with van der Waals surface area (Å²) < 4.78 is 37.0. The number of aromatic nitrogens is 2. The Bertz CT molecular complexity index is 500. The minimum Gasteiger partial charge on any atom is -0.350 e. The standard InChI is InChI=1S/C12H13F3N4O/c1-2-10(20)19-4-3-9(7-19)18-11-16-5-8(6-17-11)12(13,14)15/h2,5-6,9H,1,3-4,7H2,(H,16,17,18)/t9-/m1/s1. The van der Waals surface area contributed by atoms with Crippen molar-refractivity contribution in [1.29, 1.82) is 0 Å². The molecule has 0 saturated carbocycles. The molecule has 0 aliphatic carbocycles. The lowest BCUT2D eigenvalue weighted by molar-refractivity contribution is -0.138. The van der Waals surface area contributed by atoms with E-state index in [1.54, 1.807) is 4.90 Å². The first-order chi connectivity index (χ1) is 9.40. The molecule has 8 heteroatoms. The zero-order valence-electron chi connectivity index (χ0n) is 10.5. The third kappa shape index (κ3) is 3.25. The number of halogens is 3. The summed E-state index contributed by atoms with van der Waals surface area (Å²) in [5.41, 5.74) is -0.891. The molecule has 1 saturated heterocycles. The molecule has 5 nitrogen and oxygen atoms in total. The maximum atomic E-state index is 12.3. The fraction of sp³-hybridized carbons (Fsp3) is 0.417. The van der Waals surface area contributed by atoms with Crippen molar-refractivity contribution < 1.29 is 18.0 Å². The van der Waals surface area contributed by atoms with Gasteiger partial charge in [-0.25, -0.2) is 9.97 Å². The summed E-state index contributed by atoms with van der Waals surface area (Å²) in [4.78, 5) is 20.3. The number of carbonyl (C=O) groups excluding carboxylic acids is 1. The van der Waals surface area contributed by atoms with E-state index in [2.05, 4.69) is 21.9 Å². The molecular formula is C12H13F3N4O. The zero-order valence-corrected chi connectivity index (χ0v) is 10.5. The van der Waals surface area contributed by atoms with E-state index in [0.29, 0.717) is 19.5 Å². The Hall–Kier alpha value is -2.12. The average Bonchev–Trinajstić information content (AvgIpc) is 2.86. The van der Waals surface area contributed by atoms with Crippen LogP contribution in [0.15, 0.2) is 25.0 Å². The minimum absolute atomic E-state index is 0.0735. The highest BCUT2D eigenvalue weighted by Crippen LogP contribution is 2.28. The molecule has 0 radical (unpaired) electrons. The van der Waals surface area contributed by atoms with Crippen molar-refractivity contribution in [1.82, 2.24) is 14.9 Å². The number of hydrogen-bond donors (Lipinski definition) is 1. The lowest BCUT2D eigenvalue weighted by Crippen LogP contribution is -2.30. The molecule has 1 aromatic rings. The first-order valence-corrected chi connectivity index (χ1v) is 5.97. The van der Waals surface area contributed by atoms with E-state index in [1.165, 1.54) is 6.08 Å². The number of rotatable bonds is 3. The van der Waals surface area contributed by atoms with Crippen molar-refractivity contribution >= 4 is 11.9 Å². The van der Waals surface area contributed by atoms with Crippen LogP contribution >= 0.6 is 0 Å². The Morgan fingerprint density at radius 2 is 2.10 bits per heavy atom. The van der Waals surface area contributed by atoms with E-state index >= 15 is 0 Å². The second kappa shape index (κ2) is 5.48. The van der Waals surface area contributed by atoms with Crippen LogP contribution in [0.3, 0.4) is 0 Å². The molecule has 20 heavy (non-hydrogen) atoms. The summed E-state index contributed by atoms with van der Waals surface area (Å²) in [5.74, 6) is -0.0430. The van der Waals surface area contributed by atoms with E-state index in [1.807, 2.05) is 0 Å². The van der Waals surface area contributed by atoms with Crippen LogP contribution in [0.5, 0.6) is 0 Å². The normalized spacial score (nSPS) is 18.9. The number of nitrogens with zero attached hydrogens (tertiary/aromatic N) is 3. The summed E-state index contributed by atoms with van der Waals surface area (Å²) >= 11 is 0. The molecule has 0 bridgehead atoms. The number of likely N-dealkylation sites (tertiary alicyclic amines) is 1. The molecule has 1 aromatic heterocycles. The quantitative estimate of drug-likeness (QED) is 0.859. The van der Waals surface area contributed by atoms with Gasteiger partial charge in [0.1, 0.15) is 0 Å². The Kier molecular flexibility index (Phi) is 3.91. The van der Waals surface area contributed by atoms with Crippen LogP contribution < -0.4 is 5.32 Å². The van der Waals surface area contributed by atoms with Gasteiger partial charge in [0.05, 0.1) is 5.56 Å². The molecule has 2 heterocycles. The summed E-state index contributed by atoms with van der Waals surface area (Å²) in [6.45, 7) is 4.43. The van der Waals surface area contributed by atoms with Gasteiger partial charge in [0.2, 0.25) is 11.9 Å². The van der Waals surface area contributed by atoms with Crippen LogP contribution in [0.2, 0.25) is 0 Å². The number of nitrogens with one attached hydrogen (secondary N) is 1. The van der Waals surface area contributed by atoms with Crippen molar-refractivity contribution in [3.8, 4) is 0 Å². The van der Waals surface area contributed by atoms with Crippen molar-refractivity contribution in [2.75, 3.05) is 18.4 Å². The second-order valence-electron chi connectivity index (χ2n) is 4.41. The van der Waals surface area contributed by atoms with Gasteiger partial charge in [0.15, 0.2) is 0 Å². The highest BCUT2D eigenvalue weighted by molar-refractivity contribution is 5.87. The summed E-state index contributed by atoms with van der Waals surface area (Å²) in [5, 5.41) is 2.91. The monoisotopic (exact) mass is 286 g/mol. The Morgan fingerprint density at radius 3 is 2.65 bits per heavy atom. The molecule has 1 amide bonds. The third-order valence-corrected chi connectivity index (χ3v) is 2.99. The predicted molar refractivity (Wildman–Crippen MR) is 65.8 cm³/mol. The van der Waals surface area contributed by atoms with Gasteiger partial charge in [-0.2, -0.15) is 13.2 Å². The second-order valence-corrected chi connectivity index (χ2v) is 4.41. The van der Waals surface area contributed by atoms with Crippen LogP contribution in [-0.4, -0.2) is 39.9 Å². The maximum Gasteiger partial charge on any atom is 0.419 e. The first-order valence-electron chi connectivity index (χ1n) is 5.97. The third-order valence-electron chi connectivity index (χ3n) is 2.99. The van der Waals surface area contributed by atoms with Gasteiger partial charge >= 0.3 is 6.18 Å². The fourth-order valence-corrected chi connectivity index (χ4v) is 1.94. The van der Waals surface area contributed by atoms with E-state index in [0.717, 1.165) is 12.4 Å². The molecule has 0 aromatic carbocycles.